The van der Waals surface area contributed by atoms with E-state index in [-0.39, 0.29) is 23.4 Å². The molecule has 0 aromatic heterocycles. The average Bonchev–Trinajstić information content (AvgIpc) is 2.96. The van der Waals surface area contributed by atoms with Gasteiger partial charge in [0, 0.05) is 28.2 Å². The number of amides is 2. The minimum Gasteiger partial charge on any atom is -0.494 e. The zero-order chi connectivity index (χ0) is 30.2. The van der Waals surface area contributed by atoms with Gasteiger partial charge in [-0.3, -0.25) is 13.9 Å². The van der Waals surface area contributed by atoms with E-state index >= 15 is 0 Å². The van der Waals surface area contributed by atoms with Gasteiger partial charge in [0.1, 0.15) is 18.3 Å². The van der Waals surface area contributed by atoms with Crippen LogP contribution in [-0.4, -0.2) is 50.4 Å². The van der Waals surface area contributed by atoms with Crippen LogP contribution >= 0.6 is 23.2 Å². The van der Waals surface area contributed by atoms with Crippen molar-refractivity contribution in [2.45, 2.75) is 57.6 Å². The number of nitrogens with zero attached hydrogens (tertiary/aromatic N) is 2. The van der Waals surface area contributed by atoms with E-state index in [0.29, 0.717) is 40.1 Å². The highest BCUT2D eigenvalue weighted by Crippen LogP contribution is 2.28. The molecule has 0 bridgehead atoms. The number of halogens is 2. The second-order valence-electron chi connectivity index (χ2n) is 9.47. The van der Waals surface area contributed by atoms with E-state index in [2.05, 4.69) is 5.32 Å². The summed E-state index contributed by atoms with van der Waals surface area (Å²) in [7, 11) is -4.19. The first kappa shape index (κ1) is 32.2. The minimum atomic E-state index is -4.19. The van der Waals surface area contributed by atoms with Gasteiger partial charge >= 0.3 is 0 Å². The highest BCUT2D eigenvalue weighted by atomic mass is 35.5. The molecule has 2 atom stereocenters. The van der Waals surface area contributed by atoms with Crippen molar-refractivity contribution in [2.24, 2.45) is 0 Å². The van der Waals surface area contributed by atoms with Crippen LogP contribution in [0.1, 0.15) is 39.7 Å². The summed E-state index contributed by atoms with van der Waals surface area (Å²) < 4.78 is 34.3. The number of sulfonamides is 1. The SMILES string of the molecule is CCOc1ccc(S(=O)(=O)N(CC(=O)N(Cc2c(Cl)cccc2Cl)[C@@H](C)C(=O)N[C@@H](C)CC)c2ccccc2)cc1. The number of rotatable bonds is 13. The van der Waals surface area contributed by atoms with E-state index in [1.54, 1.807) is 67.6 Å². The Morgan fingerprint density at radius 2 is 1.51 bits per heavy atom. The van der Waals surface area contributed by atoms with Gasteiger partial charge in [-0.15, -0.1) is 0 Å². The fourth-order valence-corrected chi connectivity index (χ4v) is 5.96. The van der Waals surface area contributed by atoms with Crippen molar-refractivity contribution >= 4 is 50.7 Å². The first-order valence-electron chi connectivity index (χ1n) is 13.3. The zero-order valence-electron chi connectivity index (χ0n) is 23.5. The molecule has 0 heterocycles. The summed E-state index contributed by atoms with van der Waals surface area (Å²) in [5, 5.41) is 3.55. The molecule has 8 nitrogen and oxygen atoms in total. The van der Waals surface area contributed by atoms with Gasteiger partial charge in [0.15, 0.2) is 0 Å². The lowest BCUT2D eigenvalue weighted by Gasteiger charge is -2.32. The van der Waals surface area contributed by atoms with E-state index in [1.807, 2.05) is 20.8 Å². The summed E-state index contributed by atoms with van der Waals surface area (Å²) in [6, 6.07) is 18.2. The fourth-order valence-electron chi connectivity index (χ4n) is 4.03. The summed E-state index contributed by atoms with van der Waals surface area (Å²) in [6.45, 7) is 6.99. The van der Waals surface area contributed by atoms with Crippen LogP contribution < -0.4 is 14.4 Å². The van der Waals surface area contributed by atoms with Gasteiger partial charge < -0.3 is 15.0 Å². The third kappa shape index (κ3) is 8.15. The number of ether oxygens (including phenoxy) is 1. The summed E-state index contributed by atoms with van der Waals surface area (Å²) in [5.74, 6) is -0.458. The predicted octanol–water partition coefficient (Wildman–Crippen LogP) is 5.92. The Morgan fingerprint density at radius 1 is 0.902 bits per heavy atom. The number of nitrogens with one attached hydrogen (secondary N) is 1. The lowest BCUT2D eigenvalue weighted by Crippen LogP contribution is -2.52. The third-order valence-electron chi connectivity index (χ3n) is 6.60. The molecule has 0 aliphatic rings. The maximum atomic E-state index is 14.0. The molecular weight excluding hydrogens is 585 g/mol. The van der Waals surface area contributed by atoms with Gasteiger partial charge in [0.05, 0.1) is 17.2 Å². The van der Waals surface area contributed by atoms with Gasteiger partial charge in [0.25, 0.3) is 10.0 Å². The molecule has 3 aromatic carbocycles. The molecule has 220 valence electrons. The van der Waals surface area contributed by atoms with Gasteiger partial charge in [-0.2, -0.15) is 0 Å². The maximum absolute atomic E-state index is 14.0. The molecule has 3 rings (SSSR count). The molecule has 0 aliphatic heterocycles. The number of hydrogen-bond acceptors (Lipinski definition) is 5. The molecule has 0 unspecified atom stereocenters. The molecule has 1 N–H and O–H groups in total. The predicted molar refractivity (Wildman–Crippen MR) is 163 cm³/mol. The maximum Gasteiger partial charge on any atom is 0.264 e. The van der Waals surface area contributed by atoms with E-state index in [1.165, 1.54) is 17.0 Å². The largest absolute Gasteiger partial charge is 0.494 e. The Bertz CT molecular complexity index is 1420. The molecule has 41 heavy (non-hydrogen) atoms. The summed E-state index contributed by atoms with van der Waals surface area (Å²) in [5.41, 5.74) is 0.746. The van der Waals surface area contributed by atoms with Crippen LogP contribution in [0.2, 0.25) is 10.0 Å². The average molecular weight is 621 g/mol. The first-order valence-corrected chi connectivity index (χ1v) is 15.5. The van der Waals surface area contributed by atoms with Gasteiger partial charge in [-0.25, -0.2) is 8.42 Å². The van der Waals surface area contributed by atoms with Crippen molar-refractivity contribution in [1.29, 1.82) is 0 Å². The van der Waals surface area contributed by atoms with E-state index < -0.39 is 28.5 Å². The van der Waals surface area contributed by atoms with Crippen molar-refractivity contribution in [3.8, 4) is 5.75 Å². The molecule has 0 radical (unpaired) electrons. The molecule has 0 saturated heterocycles. The van der Waals surface area contributed by atoms with Crippen molar-refractivity contribution in [3.63, 3.8) is 0 Å². The lowest BCUT2D eigenvalue weighted by molar-refractivity contribution is -0.139. The Kier molecular flexibility index (Phi) is 11.5. The van der Waals surface area contributed by atoms with E-state index in [4.69, 9.17) is 27.9 Å². The topological polar surface area (TPSA) is 96.0 Å². The summed E-state index contributed by atoms with van der Waals surface area (Å²) in [6.07, 6.45) is 0.699. The molecule has 3 aromatic rings. The second kappa shape index (κ2) is 14.6. The number of benzene rings is 3. The van der Waals surface area contributed by atoms with Crippen molar-refractivity contribution in [1.82, 2.24) is 10.2 Å². The number of carbonyl (C=O) groups excluding carboxylic acids is 2. The molecule has 0 spiro atoms. The van der Waals surface area contributed by atoms with Crippen LogP contribution in [0.15, 0.2) is 77.7 Å². The number of hydrogen-bond donors (Lipinski definition) is 1. The van der Waals surface area contributed by atoms with Gasteiger partial charge in [0.2, 0.25) is 11.8 Å². The summed E-state index contributed by atoms with van der Waals surface area (Å²) >= 11 is 12.8. The molecule has 0 fully saturated rings. The van der Waals surface area contributed by atoms with Gasteiger partial charge in [-0.1, -0.05) is 54.4 Å². The van der Waals surface area contributed by atoms with E-state index in [0.717, 1.165) is 4.31 Å². The first-order chi connectivity index (χ1) is 19.5. The van der Waals surface area contributed by atoms with Crippen molar-refractivity contribution in [3.05, 3.63) is 88.4 Å². The fraction of sp³-hybridized carbons (Fsp3) is 0.333. The Morgan fingerprint density at radius 3 is 2.07 bits per heavy atom. The highest BCUT2D eigenvalue weighted by molar-refractivity contribution is 7.92. The van der Waals surface area contributed by atoms with E-state index in [9.17, 15) is 18.0 Å². The molecule has 0 aliphatic carbocycles. The Balaban J connectivity index is 2.03. The normalized spacial score (nSPS) is 12.7. The Labute approximate surface area is 252 Å². The Hall–Kier alpha value is -3.27. The second-order valence-corrected chi connectivity index (χ2v) is 12.1. The molecule has 11 heteroatoms. The van der Waals surface area contributed by atoms with Crippen LogP contribution in [0.3, 0.4) is 0 Å². The van der Waals surface area contributed by atoms with Crippen LogP contribution in [0.4, 0.5) is 5.69 Å². The highest BCUT2D eigenvalue weighted by Gasteiger charge is 2.33. The van der Waals surface area contributed by atoms with Crippen LogP contribution in [0, 0.1) is 0 Å². The zero-order valence-corrected chi connectivity index (χ0v) is 25.8. The molecule has 2 amide bonds. The third-order valence-corrected chi connectivity index (χ3v) is 9.10. The standard InChI is InChI=1S/C30H35Cl2N3O5S/c1-5-21(3)33-30(37)22(4)34(19-26-27(31)13-10-14-28(26)32)29(36)20-35(23-11-8-7-9-12-23)41(38,39)25-17-15-24(16-18-25)40-6-2/h7-18,21-22H,5-6,19-20H2,1-4H3,(H,33,37)/t21-,22-/m0/s1. The molecule has 0 saturated carbocycles. The lowest BCUT2D eigenvalue weighted by atomic mass is 10.1. The number of para-hydroxylation sites is 1. The number of carbonyl (C=O) groups is 2. The minimum absolute atomic E-state index is 0.0131. The smallest absolute Gasteiger partial charge is 0.264 e. The van der Waals surface area contributed by atoms with Crippen LogP contribution in [0.5, 0.6) is 5.75 Å². The summed E-state index contributed by atoms with van der Waals surface area (Å²) in [4.78, 5) is 28.5. The van der Waals surface area contributed by atoms with Crippen molar-refractivity contribution < 1.29 is 22.7 Å². The van der Waals surface area contributed by atoms with Crippen molar-refractivity contribution in [2.75, 3.05) is 17.5 Å². The van der Waals surface area contributed by atoms with Crippen LogP contribution in [0.25, 0.3) is 0 Å². The molecular formula is C30H35Cl2N3O5S. The van der Waals surface area contributed by atoms with Gasteiger partial charge in [-0.05, 0) is 75.7 Å². The number of anilines is 1. The van der Waals surface area contributed by atoms with Crippen LogP contribution in [-0.2, 0) is 26.2 Å². The quantitative estimate of drug-likeness (QED) is 0.256. The monoisotopic (exact) mass is 619 g/mol.